The molecule has 0 spiro atoms. The lowest BCUT2D eigenvalue weighted by atomic mass is 9.90. The maximum absolute atomic E-state index is 12.5. The number of ketones is 1. The number of aryl methyl sites for hydroxylation is 1. The molecule has 20 heavy (non-hydrogen) atoms. The van der Waals surface area contributed by atoms with Crippen LogP contribution in [0, 0.1) is 5.92 Å². The van der Waals surface area contributed by atoms with Gasteiger partial charge in [0.25, 0.3) is 0 Å². The Balaban J connectivity index is 2.59. The van der Waals surface area contributed by atoms with Crippen molar-refractivity contribution in [2.75, 3.05) is 0 Å². The van der Waals surface area contributed by atoms with Crippen molar-refractivity contribution in [1.29, 1.82) is 0 Å². The normalized spacial score (nSPS) is 12.3. The second kappa shape index (κ2) is 9.74. The van der Waals surface area contributed by atoms with E-state index in [0.29, 0.717) is 5.78 Å². The summed E-state index contributed by atoms with van der Waals surface area (Å²) in [5.41, 5.74) is 2.25. The predicted octanol–water partition coefficient (Wildman–Crippen LogP) is 5.82. The van der Waals surface area contributed by atoms with Crippen LogP contribution in [-0.4, -0.2) is 5.78 Å². The van der Waals surface area contributed by atoms with Crippen LogP contribution < -0.4 is 0 Å². The van der Waals surface area contributed by atoms with Crippen molar-refractivity contribution >= 4 is 5.78 Å². The SMILES string of the molecule is CCCCCc1ccc(C(=O)C(CC)CCCC)cc1. The third kappa shape index (κ3) is 5.48. The fourth-order valence-electron chi connectivity index (χ4n) is 2.62. The van der Waals surface area contributed by atoms with Gasteiger partial charge in [-0.25, -0.2) is 0 Å². The summed E-state index contributed by atoms with van der Waals surface area (Å²) in [4.78, 5) is 12.5. The van der Waals surface area contributed by atoms with Gasteiger partial charge in [0.15, 0.2) is 5.78 Å². The Labute approximate surface area is 124 Å². The van der Waals surface area contributed by atoms with Crippen LogP contribution in [0.3, 0.4) is 0 Å². The van der Waals surface area contributed by atoms with E-state index in [1.54, 1.807) is 0 Å². The molecule has 1 rings (SSSR count). The molecular formula is C19H30O. The zero-order valence-electron chi connectivity index (χ0n) is 13.5. The van der Waals surface area contributed by atoms with Gasteiger partial charge >= 0.3 is 0 Å². The van der Waals surface area contributed by atoms with Crippen LogP contribution in [0.15, 0.2) is 24.3 Å². The number of hydrogen-bond acceptors (Lipinski definition) is 1. The highest BCUT2D eigenvalue weighted by Crippen LogP contribution is 2.19. The molecule has 0 saturated carbocycles. The molecule has 0 radical (unpaired) electrons. The first kappa shape index (κ1) is 16.9. The summed E-state index contributed by atoms with van der Waals surface area (Å²) in [7, 11) is 0. The molecule has 0 aliphatic rings. The number of carbonyl (C=O) groups excluding carboxylic acids is 1. The van der Waals surface area contributed by atoms with Crippen LogP contribution in [-0.2, 0) is 6.42 Å². The highest BCUT2D eigenvalue weighted by atomic mass is 16.1. The van der Waals surface area contributed by atoms with Gasteiger partial charge in [0.05, 0.1) is 0 Å². The van der Waals surface area contributed by atoms with Crippen LogP contribution in [0.25, 0.3) is 0 Å². The Morgan fingerprint density at radius 2 is 1.60 bits per heavy atom. The van der Waals surface area contributed by atoms with Crippen molar-refractivity contribution in [2.45, 2.75) is 72.1 Å². The average molecular weight is 274 g/mol. The summed E-state index contributed by atoms with van der Waals surface area (Å²) in [6, 6.07) is 8.32. The number of rotatable bonds is 10. The van der Waals surface area contributed by atoms with E-state index in [4.69, 9.17) is 0 Å². The van der Waals surface area contributed by atoms with E-state index in [2.05, 4.69) is 32.9 Å². The molecule has 0 aliphatic carbocycles. The largest absolute Gasteiger partial charge is 0.294 e. The maximum atomic E-state index is 12.5. The lowest BCUT2D eigenvalue weighted by molar-refractivity contribution is 0.0908. The molecule has 1 nitrogen and oxygen atoms in total. The van der Waals surface area contributed by atoms with Crippen LogP contribution in [0.4, 0.5) is 0 Å². The number of benzene rings is 1. The number of carbonyl (C=O) groups is 1. The molecule has 0 amide bonds. The van der Waals surface area contributed by atoms with Gasteiger partial charge in [0.2, 0.25) is 0 Å². The Bertz CT molecular complexity index is 377. The molecular weight excluding hydrogens is 244 g/mol. The monoisotopic (exact) mass is 274 g/mol. The van der Waals surface area contributed by atoms with Crippen molar-refractivity contribution in [1.82, 2.24) is 0 Å². The van der Waals surface area contributed by atoms with E-state index in [1.807, 2.05) is 12.1 Å². The van der Waals surface area contributed by atoms with Crippen LogP contribution in [0.1, 0.15) is 81.6 Å². The molecule has 0 aliphatic heterocycles. The van der Waals surface area contributed by atoms with Gasteiger partial charge in [0, 0.05) is 11.5 Å². The van der Waals surface area contributed by atoms with Gasteiger partial charge in [-0.05, 0) is 31.2 Å². The minimum absolute atomic E-state index is 0.209. The first-order chi connectivity index (χ1) is 9.72. The van der Waals surface area contributed by atoms with Gasteiger partial charge in [-0.2, -0.15) is 0 Å². The molecule has 0 heterocycles. The quantitative estimate of drug-likeness (QED) is 0.388. The molecule has 0 saturated heterocycles. The Kier molecular flexibility index (Phi) is 8.25. The second-order valence-corrected chi connectivity index (χ2v) is 5.77. The number of Topliss-reactive ketones (excluding diaryl/α,β-unsaturated/α-hetero) is 1. The van der Waals surface area contributed by atoms with E-state index in [1.165, 1.54) is 31.2 Å². The Hall–Kier alpha value is -1.11. The Morgan fingerprint density at radius 3 is 2.15 bits per heavy atom. The highest BCUT2D eigenvalue weighted by molar-refractivity contribution is 5.97. The van der Waals surface area contributed by atoms with Gasteiger partial charge in [-0.3, -0.25) is 4.79 Å². The van der Waals surface area contributed by atoms with Crippen LogP contribution >= 0.6 is 0 Å². The summed E-state index contributed by atoms with van der Waals surface area (Å²) >= 11 is 0. The molecule has 0 fully saturated rings. The zero-order valence-corrected chi connectivity index (χ0v) is 13.5. The molecule has 112 valence electrons. The molecule has 1 aromatic rings. The first-order valence-corrected chi connectivity index (χ1v) is 8.36. The summed E-state index contributed by atoms with van der Waals surface area (Å²) in [5, 5.41) is 0. The third-order valence-electron chi connectivity index (χ3n) is 4.08. The molecule has 0 bridgehead atoms. The van der Waals surface area contributed by atoms with E-state index < -0.39 is 0 Å². The topological polar surface area (TPSA) is 17.1 Å². The minimum Gasteiger partial charge on any atom is -0.294 e. The molecule has 1 unspecified atom stereocenters. The number of unbranched alkanes of at least 4 members (excludes halogenated alkanes) is 3. The summed E-state index contributed by atoms with van der Waals surface area (Å²) in [5.74, 6) is 0.543. The Morgan fingerprint density at radius 1 is 0.950 bits per heavy atom. The molecule has 0 N–H and O–H groups in total. The van der Waals surface area contributed by atoms with Crippen molar-refractivity contribution < 1.29 is 4.79 Å². The summed E-state index contributed by atoms with van der Waals surface area (Å²) in [6.07, 6.45) is 9.23. The van der Waals surface area contributed by atoms with Crippen LogP contribution in [0.5, 0.6) is 0 Å². The smallest absolute Gasteiger partial charge is 0.165 e. The molecule has 1 atom stereocenters. The summed E-state index contributed by atoms with van der Waals surface area (Å²) in [6.45, 7) is 6.53. The lowest BCUT2D eigenvalue weighted by Crippen LogP contribution is -2.14. The molecule has 1 aromatic carbocycles. The van der Waals surface area contributed by atoms with Gasteiger partial charge < -0.3 is 0 Å². The van der Waals surface area contributed by atoms with Crippen molar-refractivity contribution in [3.05, 3.63) is 35.4 Å². The van der Waals surface area contributed by atoms with E-state index in [-0.39, 0.29) is 5.92 Å². The average Bonchev–Trinajstić information content (AvgIpc) is 2.49. The van der Waals surface area contributed by atoms with E-state index in [9.17, 15) is 4.79 Å². The van der Waals surface area contributed by atoms with Crippen molar-refractivity contribution in [2.24, 2.45) is 5.92 Å². The van der Waals surface area contributed by atoms with E-state index in [0.717, 1.165) is 31.2 Å². The standard InChI is InChI=1S/C19H30O/c1-4-7-9-10-16-12-14-18(15-13-16)19(20)17(6-3)11-8-5-2/h12-15,17H,4-11H2,1-3H3. The molecule has 0 aromatic heterocycles. The van der Waals surface area contributed by atoms with Crippen molar-refractivity contribution in [3.8, 4) is 0 Å². The second-order valence-electron chi connectivity index (χ2n) is 5.77. The number of hydrogen-bond donors (Lipinski definition) is 0. The van der Waals surface area contributed by atoms with Gasteiger partial charge in [-0.15, -0.1) is 0 Å². The minimum atomic E-state index is 0.209. The van der Waals surface area contributed by atoms with Crippen LogP contribution in [0.2, 0.25) is 0 Å². The predicted molar refractivity (Wildman–Crippen MR) is 87.3 cm³/mol. The third-order valence-corrected chi connectivity index (χ3v) is 4.08. The molecule has 1 heteroatoms. The maximum Gasteiger partial charge on any atom is 0.165 e. The fourth-order valence-corrected chi connectivity index (χ4v) is 2.62. The first-order valence-electron chi connectivity index (χ1n) is 8.36. The van der Waals surface area contributed by atoms with Crippen molar-refractivity contribution in [3.63, 3.8) is 0 Å². The van der Waals surface area contributed by atoms with Gasteiger partial charge in [-0.1, -0.05) is 70.7 Å². The fraction of sp³-hybridized carbons (Fsp3) is 0.632. The lowest BCUT2D eigenvalue weighted by Gasteiger charge is -2.13. The zero-order chi connectivity index (χ0) is 14.8. The highest BCUT2D eigenvalue weighted by Gasteiger charge is 2.17. The van der Waals surface area contributed by atoms with Gasteiger partial charge in [0.1, 0.15) is 0 Å². The summed E-state index contributed by atoms with van der Waals surface area (Å²) < 4.78 is 0. The van der Waals surface area contributed by atoms with E-state index >= 15 is 0 Å².